The van der Waals surface area contributed by atoms with Gasteiger partial charge in [-0.1, -0.05) is 78.9 Å². The maximum absolute atomic E-state index is 12.9. The van der Waals surface area contributed by atoms with Gasteiger partial charge in [-0.2, -0.15) is 0 Å². The van der Waals surface area contributed by atoms with Gasteiger partial charge in [-0.05, 0) is 17.2 Å². The standard InChI is InChI=1S/C22H20N2O/c25-22-20-14-8-7-13-19(20)21(23-15-17-9-3-1-4-10-17)24(22)16-18-11-5-2-6-12-18/h1-14,21,23H,15-16H2. The lowest BCUT2D eigenvalue weighted by atomic mass is 10.1. The first-order valence-corrected chi connectivity index (χ1v) is 8.54. The monoisotopic (exact) mass is 328 g/mol. The summed E-state index contributed by atoms with van der Waals surface area (Å²) in [5, 5.41) is 3.56. The molecule has 0 saturated carbocycles. The molecule has 4 rings (SSSR count). The van der Waals surface area contributed by atoms with E-state index in [4.69, 9.17) is 0 Å². The fraction of sp³-hybridized carbons (Fsp3) is 0.136. The molecule has 3 aromatic rings. The Morgan fingerprint density at radius 3 is 2.08 bits per heavy atom. The molecule has 0 fully saturated rings. The molecular formula is C22H20N2O. The van der Waals surface area contributed by atoms with E-state index in [1.807, 2.05) is 65.6 Å². The van der Waals surface area contributed by atoms with Gasteiger partial charge >= 0.3 is 0 Å². The van der Waals surface area contributed by atoms with Crippen molar-refractivity contribution in [3.05, 3.63) is 107 Å². The molecule has 1 aliphatic heterocycles. The van der Waals surface area contributed by atoms with Crippen LogP contribution in [0.15, 0.2) is 84.9 Å². The van der Waals surface area contributed by atoms with Crippen molar-refractivity contribution in [2.75, 3.05) is 0 Å². The third-order valence-electron chi connectivity index (χ3n) is 4.60. The summed E-state index contributed by atoms with van der Waals surface area (Å²) in [4.78, 5) is 14.8. The lowest BCUT2D eigenvalue weighted by molar-refractivity contribution is 0.0675. The van der Waals surface area contributed by atoms with Crippen molar-refractivity contribution < 1.29 is 4.79 Å². The van der Waals surface area contributed by atoms with Crippen molar-refractivity contribution in [1.29, 1.82) is 0 Å². The molecule has 0 bridgehead atoms. The summed E-state index contributed by atoms with van der Waals surface area (Å²) in [5.41, 5.74) is 4.19. The lowest BCUT2D eigenvalue weighted by Crippen LogP contribution is -2.36. The van der Waals surface area contributed by atoms with Crippen LogP contribution in [-0.4, -0.2) is 10.8 Å². The number of amides is 1. The predicted molar refractivity (Wildman–Crippen MR) is 98.8 cm³/mol. The third-order valence-corrected chi connectivity index (χ3v) is 4.60. The van der Waals surface area contributed by atoms with Crippen LogP contribution in [0.25, 0.3) is 0 Å². The van der Waals surface area contributed by atoms with Crippen LogP contribution in [0.5, 0.6) is 0 Å². The van der Waals surface area contributed by atoms with Crippen molar-refractivity contribution in [3.63, 3.8) is 0 Å². The zero-order valence-corrected chi connectivity index (χ0v) is 13.9. The van der Waals surface area contributed by atoms with Crippen molar-refractivity contribution in [1.82, 2.24) is 10.2 Å². The van der Waals surface area contributed by atoms with Gasteiger partial charge in [-0.15, -0.1) is 0 Å². The van der Waals surface area contributed by atoms with Crippen LogP contribution in [0.3, 0.4) is 0 Å². The van der Waals surface area contributed by atoms with Gasteiger partial charge in [0, 0.05) is 24.2 Å². The Labute approximate surface area is 147 Å². The van der Waals surface area contributed by atoms with E-state index in [1.165, 1.54) is 5.56 Å². The van der Waals surface area contributed by atoms with E-state index in [2.05, 4.69) is 29.6 Å². The Morgan fingerprint density at radius 2 is 1.36 bits per heavy atom. The first kappa shape index (κ1) is 15.6. The van der Waals surface area contributed by atoms with Crippen molar-refractivity contribution in [2.45, 2.75) is 19.3 Å². The summed E-state index contributed by atoms with van der Waals surface area (Å²) in [6.45, 7) is 1.32. The SMILES string of the molecule is O=C1c2ccccc2C(NCc2ccccc2)N1Cc1ccccc1. The van der Waals surface area contributed by atoms with Crippen molar-refractivity contribution in [3.8, 4) is 0 Å². The molecule has 0 saturated heterocycles. The lowest BCUT2D eigenvalue weighted by Gasteiger charge is -2.26. The Hall–Kier alpha value is -2.91. The van der Waals surface area contributed by atoms with Gasteiger partial charge in [0.1, 0.15) is 6.17 Å². The zero-order valence-electron chi connectivity index (χ0n) is 13.9. The molecule has 1 atom stereocenters. The molecule has 3 nitrogen and oxygen atoms in total. The number of nitrogens with one attached hydrogen (secondary N) is 1. The molecule has 3 heteroatoms. The number of nitrogens with zero attached hydrogens (tertiary/aromatic N) is 1. The highest BCUT2D eigenvalue weighted by molar-refractivity contribution is 5.99. The normalized spacial score (nSPS) is 16.1. The Morgan fingerprint density at radius 1 is 0.760 bits per heavy atom. The molecule has 124 valence electrons. The molecule has 1 amide bonds. The van der Waals surface area contributed by atoms with Gasteiger partial charge in [-0.3, -0.25) is 10.1 Å². The summed E-state index contributed by atoms with van der Waals surface area (Å²) < 4.78 is 0. The average Bonchev–Trinajstić information content (AvgIpc) is 2.94. The van der Waals surface area contributed by atoms with E-state index in [9.17, 15) is 4.79 Å². The smallest absolute Gasteiger partial charge is 0.256 e. The topological polar surface area (TPSA) is 32.3 Å². The van der Waals surface area contributed by atoms with Gasteiger partial charge < -0.3 is 4.90 Å². The number of carbonyl (C=O) groups is 1. The van der Waals surface area contributed by atoms with Gasteiger partial charge in [-0.25, -0.2) is 0 Å². The molecule has 0 radical (unpaired) electrons. The van der Waals surface area contributed by atoms with E-state index in [1.54, 1.807) is 0 Å². The van der Waals surface area contributed by atoms with Crippen LogP contribution in [0.4, 0.5) is 0 Å². The van der Waals surface area contributed by atoms with E-state index >= 15 is 0 Å². The molecule has 1 heterocycles. The van der Waals surface area contributed by atoms with Gasteiger partial charge in [0.2, 0.25) is 0 Å². The zero-order chi connectivity index (χ0) is 17.1. The molecule has 1 N–H and O–H groups in total. The molecule has 1 unspecified atom stereocenters. The van der Waals surface area contributed by atoms with Crippen LogP contribution in [0, 0.1) is 0 Å². The van der Waals surface area contributed by atoms with Gasteiger partial charge in [0.25, 0.3) is 5.91 Å². The van der Waals surface area contributed by atoms with Gasteiger partial charge in [0.05, 0.1) is 0 Å². The quantitative estimate of drug-likeness (QED) is 0.764. The average molecular weight is 328 g/mol. The van der Waals surface area contributed by atoms with Crippen molar-refractivity contribution in [2.24, 2.45) is 0 Å². The molecule has 0 aromatic heterocycles. The number of benzene rings is 3. The largest absolute Gasteiger partial charge is 0.315 e. The maximum atomic E-state index is 12.9. The second kappa shape index (κ2) is 6.91. The molecule has 0 aliphatic carbocycles. The second-order valence-electron chi connectivity index (χ2n) is 6.27. The minimum Gasteiger partial charge on any atom is -0.315 e. The molecule has 3 aromatic carbocycles. The van der Waals surface area contributed by atoms with Crippen LogP contribution in [0.2, 0.25) is 0 Å². The van der Waals surface area contributed by atoms with E-state index < -0.39 is 0 Å². The number of fused-ring (bicyclic) bond motifs is 1. The van der Waals surface area contributed by atoms with E-state index in [-0.39, 0.29) is 12.1 Å². The highest BCUT2D eigenvalue weighted by Crippen LogP contribution is 2.33. The summed E-state index contributed by atoms with van der Waals surface area (Å²) in [5.74, 6) is 0.0880. The Bertz CT molecular complexity index is 861. The van der Waals surface area contributed by atoms with E-state index in [0.717, 1.165) is 23.2 Å². The molecule has 25 heavy (non-hydrogen) atoms. The predicted octanol–water partition coefficient (Wildman–Crippen LogP) is 4.13. The summed E-state index contributed by atoms with van der Waals surface area (Å²) in [7, 11) is 0. The van der Waals surface area contributed by atoms with Crippen LogP contribution in [-0.2, 0) is 13.1 Å². The fourth-order valence-corrected chi connectivity index (χ4v) is 3.34. The Balaban J connectivity index is 1.60. The number of hydrogen-bond acceptors (Lipinski definition) is 2. The third kappa shape index (κ3) is 3.19. The summed E-state index contributed by atoms with van der Waals surface area (Å²) >= 11 is 0. The molecular weight excluding hydrogens is 308 g/mol. The minimum atomic E-state index is -0.107. The maximum Gasteiger partial charge on any atom is 0.256 e. The summed E-state index contributed by atoms with van der Waals surface area (Å²) in [6, 6.07) is 28.3. The van der Waals surface area contributed by atoms with Crippen molar-refractivity contribution >= 4 is 5.91 Å². The number of hydrogen-bond donors (Lipinski definition) is 1. The number of carbonyl (C=O) groups excluding carboxylic acids is 1. The fourth-order valence-electron chi connectivity index (χ4n) is 3.34. The summed E-state index contributed by atoms with van der Waals surface area (Å²) in [6.07, 6.45) is -0.107. The second-order valence-corrected chi connectivity index (χ2v) is 6.27. The first-order chi connectivity index (χ1) is 12.3. The highest BCUT2D eigenvalue weighted by Gasteiger charge is 2.35. The van der Waals surface area contributed by atoms with E-state index in [0.29, 0.717) is 6.54 Å². The molecule has 0 spiro atoms. The van der Waals surface area contributed by atoms with Gasteiger partial charge in [0.15, 0.2) is 0 Å². The van der Waals surface area contributed by atoms with Crippen LogP contribution >= 0.6 is 0 Å². The van der Waals surface area contributed by atoms with Crippen LogP contribution < -0.4 is 5.32 Å². The number of rotatable bonds is 5. The molecule has 1 aliphatic rings. The minimum absolute atomic E-state index is 0.0880. The Kier molecular flexibility index (Phi) is 4.32. The van der Waals surface area contributed by atoms with Crippen LogP contribution in [0.1, 0.15) is 33.2 Å². The highest BCUT2D eigenvalue weighted by atomic mass is 16.2. The first-order valence-electron chi connectivity index (χ1n) is 8.54.